The topological polar surface area (TPSA) is 34.1 Å². The third-order valence-electron chi connectivity index (χ3n) is 3.34. The Hall–Kier alpha value is -1.87. The Labute approximate surface area is 121 Å². The molecule has 0 radical (unpaired) electrons. The molecule has 0 aliphatic heterocycles. The lowest BCUT2D eigenvalue weighted by Crippen LogP contribution is -2.29. The summed E-state index contributed by atoms with van der Waals surface area (Å²) in [6.45, 7) is 2.79. The molecule has 0 saturated carbocycles. The molecule has 0 saturated heterocycles. The molecule has 1 unspecified atom stereocenters. The van der Waals surface area contributed by atoms with Crippen molar-refractivity contribution in [2.75, 3.05) is 13.7 Å². The first-order valence-corrected chi connectivity index (χ1v) is 7.03. The Kier molecular flexibility index (Phi) is 5.56. The molecule has 3 nitrogen and oxygen atoms in total. The van der Waals surface area contributed by atoms with Gasteiger partial charge in [0.25, 0.3) is 0 Å². The van der Waals surface area contributed by atoms with Gasteiger partial charge in [-0.1, -0.05) is 18.2 Å². The van der Waals surface area contributed by atoms with E-state index in [1.54, 1.807) is 6.20 Å². The monoisotopic (exact) mass is 270 g/mol. The van der Waals surface area contributed by atoms with Crippen molar-refractivity contribution in [3.05, 3.63) is 59.9 Å². The molecule has 1 aromatic heterocycles. The third-order valence-corrected chi connectivity index (χ3v) is 3.34. The van der Waals surface area contributed by atoms with E-state index in [2.05, 4.69) is 35.4 Å². The van der Waals surface area contributed by atoms with E-state index in [1.807, 2.05) is 31.4 Å². The summed E-state index contributed by atoms with van der Waals surface area (Å²) in [5.74, 6) is 0.946. The van der Waals surface area contributed by atoms with Crippen LogP contribution in [0.1, 0.15) is 17.5 Å². The zero-order chi connectivity index (χ0) is 14.2. The lowest BCUT2D eigenvalue weighted by atomic mass is 10.1. The van der Waals surface area contributed by atoms with Gasteiger partial charge in [0.2, 0.25) is 0 Å². The molecule has 1 atom stereocenters. The number of benzene rings is 1. The van der Waals surface area contributed by atoms with Crippen molar-refractivity contribution < 1.29 is 4.74 Å². The largest absolute Gasteiger partial charge is 0.494 e. The van der Waals surface area contributed by atoms with Gasteiger partial charge in [-0.25, -0.2) is 0 Å². The summed E-state index contributed by atoms with van der Waals surface area (Å²) in [5, 5.41) is 3.34. The first kappa shape index (κ1) is 14.5. The highest BCUT2D eigenvalue weighted by molar-refractivity contribution is 5.27. The van der Waals surface area contributed by atoms with Crippen LogP contribution in [0, 0.1) is 6.92 Å². The van der Waals surface area contributed by atoms with E-state index in [4.69, 9.17) is 4.74 Å². The molecular weight excluding hydrogens is 248 g/mol. The molecule has 0 aliphatic rings. The highest BCUT2D eigenvalue weighted by Gasteiger charge is 2.07. The van der Waals surface area contributed by atoms with E-state index < -0.39 is 0 Å². The maximum absolute atomic E-state index is 5.80. The molecule has 1 heterocycles. The summed E-state index contributed by atoms with van der Waals surface area (Å²) in [6, 6.07) is 12.7. The molecular formula is C17H22N2O. The minimum absolute atomic E-state index is 0.406. The fourth-order valence-corrected chi connectivity index (χ4v) is 2.18. The minimum Gasteiger partial charge on any atom is -0.494 e. The lowest BCUT2D eigenvalue weighted by molar-refractivity contribution is 0.288. The molecule has 1 N–H and O–H groups in total. The second-order valence-electron chi connectivity index (χ2n) is 5.00. The van der Waals surface area contributed by atoms with Crippen LogP contribution in [0.4, 0.5) is 0 Å². The number of hydrogen-bond donors (Lipinski definition) is 1. The zero-order valence-electron chi connectivity index (χ0n) is 12.2. The van der Waals surface area contributed by atoms with E-state index in [0.717, 1.165) is 25.2 Å². The fourth-order valence-electron chi connectivity index (χ4n) is 2.18. The van der Waals surface area contributed by atoms with E-state index in [9.17, 15) is 0 Å². The molecule has 0 bridgehead atoms. The third kappa shape index (κ3) is 4.67. The van der Waals surface area contributed by atoms with Gasteiger partial charge in [-0.15, -0.1) is 0 Å². The predicted octanol–water partition coefficient (Wildman–Crippen LogP) is 2.99. The smallest absolute Gasteiger partial charge is 0.119 e. The van der Waals surface area contributed by atoms with Crippen molar-refractivity contribution in [1.82, 2.24) is 10.3 Å². The van der Waals surface area contributed by atoms with Crippen molar-refractivity contribution >= 4 is 0 Å². The summed E-state index contributed by atoms with van der Waals surface area (Å²) in [6.07, 6.45) is 5.67. The number of ether oxygens (including phenoxy) is 1. The maximum Gasteiger partial charge on any atom is 0.119 e. The Bertz CT molecular complexity index is 513. The SMILES string of the molecule is CNC(CCOc1cccc(C)c1)Cc1cccnc1. The Morgan fingerprint density at radius 2 is 2.15 bits per heavy atom. The highest BCUT2D eigenvalue weighted by Crippen LogP contribution is 2.13. The highest BCUT2D eigenvalue weighted by atomic mass is 16.5. The Morgan fingerprint density at radius 3 is 2.85 bits per heavy atom. The van der Waals surface area contributed by atoms with E-state index in [0.29, 0.717) is 6.04 Å². The molecule has 106 valence electrons. The van der Waals surface area contributed by atoms with Crippen LogP contribution in [0.15, 0.2) is 48.8 Å². The number of aromatic nitrogens is 1. The van der Waals surface area contributed by atoms with Crippen LogP contribution in [0.3, 0.4) is 0 Å². The summed E-state index contributed by atoms with van der Waals surface area (Å²) in [4.78, 5) is 4.15. The second-order valence-corrected chi connectivity index (χ2v) is 5.00. The van der Waals surface area contributed by atoms with Crippen molar-refractivity contribution in [2.24, 2.45) is 0 Å². The fraction of sp³-hybridized carbons (Fsp3) is 0.353. The molecule has 0 aliphatic carbocycles. The van der Waals surface area contributed by atoms with Gasteiger partial charge < -0.3 is 10.1 Å². The minimum atomic E-state index is 0.406. The van der Waals surface area contributed by atoms with Crippen LogP contribution in [-0.4, -0.2) is 24.7 Å². The van der Waals surface area contributed by atoms with Crippen molar-refractivity contribution in [3.63, 3.8) is 0 Å². The van der Waals surface area contributed by atoms with Crippen LogP contribution < -0.4 is 10.1 Å². The Morgan fingerprint density at radius 1 is 1.25 bits per heavy atom. The average Bonchev–Trinajstić information content (AvgIpc) is 2.47. The van der Waals surface area contributed by atoms with Gasteiger partial charge in [0.05, 0.1) is 6.61 Å². The van der Waals surface area contributed by atoms with Gasteiger partial charge in [0.15, 0.2) is 0 Å². The summed E-state index contributed by atoms with van der Waals surface area (Å²) in [5.41, 5.74) is 2.48. The van der Waals surface area contributed by atoms with Crippen LogP contribution in [0.25, 0.3) is 0 Å². The van der Waals surface area contributed by atoms with Crippen LogP contribution in [0.5, 0.6) is 5.75 Å². The summed E-state index contributed by atoms with van der Waals surface area (Å²) < 4.78 is 5.80. The number of hydrogen-bond acceptors (Lipinski definition) is 3. The number of aryl methyl sites for hydroxylation is 1. The van der Waals surface area contributed by atoms with Gasteiger partial charge in [0, 0.05) is 18.4 Å². The van der Waals surface area contributed by atoms with Crippen LogP contribution in [-0.2, 0) is 6.42 Å². The number of nitrogens with one attached hydrogen (secondary N) is 1. The summed E-state index contributed by atoms with van der Waals surface area (Å²) in [7, 11) is 1.99. The maximum atomic E-state index is 5.80. The van der Waals surface area contributed by atoms with Crippen molar-refractivity contribution in [1.29, 1.82) is 0 Å². The normalized spacial score (nSPS) is 12.1. The zero-order valence-corrected chi connectivity index (χ0v) is 12.2. The predicted molar refractivity (Wildman–Crippen MR) is 82.1 cm³/mol. The van der Waals surface area contributed by atoms with Crippen LogP contribution in [0.2, 0.25) is 0 Å². The number of likely N-dealkylation sites (N-methyl/N-ethyl adjacent to an activating group) is 1. The standard InChI is InChI=1S/C17H22N2O/c1-14-5-3-7-17(11-14)20-10-8-16(18-2)12-15-6-4-9-19-13-15/h3-7,9,11,13,16,18H,8,10,12H2,1-2H3. The number of rotatable bonds is 7. The molecule has 1 aromatic carbocycles. The summed E-state index contributed by atoms with van der Waals surface area (Å²) >= 11 is 0. The van der Waals surface area contributed by atoms with Crippen LogP contribution >= 0.6 is 0 Å². The number of pyridine rings is 1. The van der Waals surface area contributed by atoms with Gasteiger partial charge in [-0.05, 0) is 56.1 Å². The van der Waals surface area contributed by atoms with Gasteiger partial charge >= 0.3 is 0 Å². The van der Waals surface area contributed by atoms with E-state index in [-0.39, 0.29) is 0 Å². The first-order valence-electron chi connectivity index (χ1n) is 7.03. The van der Waals surface area contributed by atoms with Crippen molar-refractivity contribution in [3.8, 4) is 5.75 Å². The average molecular weight is 270 g/mol. The second kappa shape index (κ2) is 7.65. The van der Waals surface area contributed by atoms with E-state index >= 15 is 0 Å². The Balaban J connectivity index is 1.79. The van der Waals surface area contributed by atoms with E-state index in [1.165, 1.54) is 11.1 Å². The quantitative estimate of drug-likeness (QED) is 0.840. The first-order chi connectivity index (χ1) is 9.78. The lowest BCUT2D eigenvalue weighted by Gasteiger charge is -2.16. The molecule has 0 fully saturated rings. The van der Waals surface area contributed by atoms with Gasteiger partial charge in [0.1, 0.15) is 5.75 Å². The molecule has 2 rings (SSSR count). The molecule has 3 heteroatoms. The molecule has 20 heavy (non-hydrogen) atoms. The molecule has 2 aromatic rings. The molecule has 0 amide bonds. The molecule has 0 spiro atoms. The van der Waals surface area contributed by atoms with Gasteiger partial charge in [-0.2, -0.15) is 0 Å². The van der Waals surface area contributed by atoms with Gasteiger partial charge in [-0.3, -0.25) is 4.98 Å². The number of nitrogens with zero attached hydrogens (tertiary/aromatic N) is 1. The van der Waals surface area contributed by atoms with Crippen molar-refractivity contribution in [2.45, 2.75) is 25.8 Å².